The SMILES string of the molecule is CC1CC(OC(=O)[C@H](CO)c2ccccc2)CC([C@H]2C[C@H]2C)C1. The summed E-state index contributed by atoms with van der Waals surface area (Å²) in [4.78, 5) is 12.5. The molecule has 126 valence electrons. The van der Waals surface area contributed by atoms with Gasteiger partial charge in [-0.05, 0) is 54.9 Å². The van der Waals surface area contributed by atoms with Crippen molar-refractivity contribution in [1.82, 2.24) is 0 Å². The molecule has 1 aromatic rings. The van der Waals surface area contributed by atoms with Gasteiger partial charge >= 0.3 is 5.97 Å². The fourth-order valence-electron chi connectivity index (χ4n) is 4.29. The minimum absolute atomic E-state index is 0.0156. The van der Waals surface area contributed by atoms with E-state index in [4.69, 9.17) is 4.74 Å². The predicted molar refractivity (Wildman–Crippen MR) is 89.9 cm³/mol. The normalized spacial score (nSPS) is 34.7. The second-order valence-electron chi connectivity index (χ2n) is 7.65. The smallest absolute Gasteiger partial charge is 0.316 e. The minimum atomic E-state index is -0.563. The summed E-state index contributed by atoms with van der Waals surface area (Å²) in [6, 6.07) is 9.44. The molecule has 0 aromatic heterocycles. The first-order valence-electron chi connectivity index (χ1n) is 8.94. The predicted octanol–water partition coefficient (Wildman–Crippen LogP) is 3.77. The zero-order valence-corrected chi connectivity index (χ0v) is 14.2. The number of esters is 1. The van der Waals surface area contributed by atoms with Crippen molar-refractivity contribution >= 4 is 5.97 Å². The Morgan fingerprint density at radius 1 is 1.17 bits per heavy atom. The van der Waals surface area contributed by atoms with Crippen LogP contribution in [0.2, 0.25) is 0 Å². The molecule has 23 heavy (non-hydrogen) atoms. The largest absolute Gasteiger partial charge is 0.462 e. The molecule has 3 heteroatoms. The van der Waals surface area contributed by atoms with Crippen molar-refractivity contribution in [2.24, 2.45) is 23.7 Å². The van der Waals surface area contributed by atoms with Gasteiger partial charge in [0.15, 0.2) is 0 Å². The van der Waals surface area contributed by atoms with E-state index in [1.54, 1.807) is 0 Å². The zero-order chi connectivity index (χ0) is 16.4. The highest BCUT2D eigenvalue weighted by Crippen LogP contribution is 2.50. The molecule has 0 saturated heterocycles. The van der Waals surface area contributed by atoms with Crippen molar-refractivity contribution in [3.8, 4) is 0 Å². The topological polar surface area (TPSA) is 46.5 Å². The molecule has 2 saturated carbocycles. The number of aliphatic hydroxyl groups is 1. The van der Waals surface area contributed by atoms with Crippen LogP contribution < -0.4 is 0 Å². The molecule has 1 aromatic carbocycles. The lowest BCUT2D eigenvalue weighted by molar-refractivity contribution is -0.155. The van der Waals surface area contributed by atoms with Crippen LogP contribution in [0.3, 0.4) is 0 Å². The van der Waals surface area contributed by atoms with Gasteiger partial charge < -0.3 is 9.84 Å². The molecule has 0 heterocycles. The molecule has 0 spiro atoms. The summed E-state index contributed by atoms with van der Waals surface area (Å²) in [6.07, 6.45) is 4.57. The van der Waals surface area contributed by atoms with Crippen LogP contribution in [0.1, 0.15) is 51.0 Å². The number of carbonyl (C=O) groups is 1. The van der Waals surface area contributed by atoms with Crippen molar-refractivity contribution in [3.63, 3.8) is 0 Å². The van der Waals surface area contributed by atoms with E-state index in [0.29, 0.717) is 11.8 Å². The van der Waals surface area contributed by atoms with E-state index in [1.807, 2.05) is 30.3 Å². The number of ether oxygens (including phenoxy) is 1. The Bertz CT molecular complexity index is 527. The van der Waals surface area contributed by atoms with Gasteiger partial charge in [-0.1, -0.05) is 44.2 Å². The van der Waals surface area contributed by atoms with Crippen LogP contribution in [0.15, 0.2) is 30.3 Å². The van der Waals surface area contributed by atoms with Crippen molar-refractivity contribution in [3.05, 3.63) is 35.9 Å². The fraction of sp³-hybridized carbons (Fsp3) is 0.650. The van der Waals surface area contributed by atoms with Crippen molar-refractivity contribution in [2.45, 2.75) is 51.6 Å². The summed E-state index contributed by atoms with van der Waals surface area (Å²) in [5.41, 5.74) is 0.830. The molecule has 2 fully saturated rings. The van der Waals surface area contributed by atoms with Gasteiger partial charge in [0.25, 0.3) is 0 Å². The third kappa shape index (κ3) is 3.95. The van der Waals surface area contributed by atoms with E-state index in [2.05, 4.69) is 13.8 Å². The Kier molecular flexibility index (Phi) is 5.05. The van der Waals surface area contributed by atoms with Crippen molar-refractivity contribution in [1.29, 1.82) is 0 Å². The number of benzene rings is 1. The summed E-state index contributed by atoms with van der Waals surface area (Å²) < 4.78 is 5.81. The lowest BCUT2D eigenvalue weighted by atomic mass is 9.78. The summed E-state index contributed by atoms with van der Waals surface area (Å²) in [5, 5.41) is 9.62. The molecule has 2 aliphatic rings. The van der Waals surface area contributed by atoms with Gasteiger partial charge in [-0.25, -0.2) is 0 Å². The first kappa shape index (κ1) is 16.5. The Morgan fingerprint density at radius 2 is 1.87 bits per heavy atom. The third-order valence-electron chi connectivity index (χ3n) is 5.67. The van der Waals surface area contributed by atoms with Crippen LogP contribution in [-0.4, -0.2) is 23.8 Å². The average molecular weight is 316 g/mol. The number of carbonyl (C=O) groups excluding carboxylic acids is 1. The van der Waals surface area contributed by atoms with Crippen LogP contribution in [0.4, 0.5) is 0 Å². The number of aliphatic hydroxyl groups excluding tert-OH is 1. The Balaban J connectivity index is 1.62. The first-order valence-corrected chi connectivity index (χ1v) is 8.94. The van der Waals surface area contributed by atoms with Crippen LogP contribution in [0, 0.1) is 23.7 Å². The highest BCUT2D eigenvalue weighted by atomic mass is 16.5. The average Bonchev–Trinajstić information content (AvgIpc) is 3.25. The van der Waals surface area contributed by atoms with Crippen LogP contribution >= 0.6 is 0 Å². The van der Waals surface area contributed by atoms with E-state index >= 15 is 0 Å². The maximum absolute atomic E-state index is 12.5. The summed E-state index contributed by atoms with van der Waals surface area (Å²) in [7, 11) is 0. The highest BCUT2D eigenvalue weighted by Gasteiger charge is 2.43. The van der Waals surface area contributed by atoms with Gasteiger partial charge in [0.2, 0.25) is 0 Å². The second kappa shape index (κ2) is 7.04. The van der Waals surface area contributed by atoms with Gasteiger partial charge in [0.1, 0.15) is 12.0 Å². The molecule has 3 nitrogen and oxygen atoms in total. The molecule has 3 rings (SSSR count). The number of hydrogen-bond donors (Lipinski definition) is 1. The third-order valence-corrected chi connectivity index (χ3v) is 5.67. The quantitative estimate of drug-likeness (QED) is 0.841. The number of rotatable bonds is 5. The molecule has 1 N–H and O–H groups in total. The molecular formula is C20H28O3. The molecule has 0 aliphatic heterocycles. The van der Waals surface area contributed by atoms with Gasteiger partial charge in [0, 0.05) is 0 Å². The van der Waals surface area contributed by atoms with Crippen molar-refractivity contribution < 1.29 is 14.6 Å². The van der Waals surface area contributed by atoms with Gasteiger partial charge in [0.05, 0.1) is 6.61 Å². The van der Waals surface area contributed by atoms with Crippen LogP contribution in [0.25, 0.3) is 0 Å². The number of hydrogen-bond acceptors (Lipinski definition) is 3. The van der Waals surface area contributed by atoms with Crippen molar-refractivity contribution in [2.75, 3.05) is 6.61 Å². The van der Waals surface area contributed by atoms with Gasteiger partial charge in [-0.15, -0.1) is 0 Å². The maximum Gasteiger partial charge on any atom is 0.316 e. The van der Waals surface area contributed by atoms with Crippen LogP contribution in [-0.2, 0) is 9.53 Å². The monoisotopic (exact) mass is 316 g/mol. The molecule has 6 atom stereocenters. The maximum atomic E-state index is 12.5. The second-order valence-corrected chi connectivity index (χ2v) is 7.65. The van der Waals surface area contributed by atoms with E-state index < -0.39 is 5.92 Å². The summed E-state index contributed by atoms with van der Waals surface area (Å²) in [5.74, 6) is 2.16. The molecule has 0 bridgehead atoms. The van der Waals surface area contributed by atoms with E-state index in [-0.39, 0.29) is 18.7 Å². The Labute approximate surface area is 139 Å². The standard InChI is InChI=1S/C20H28O3/c1-13-8-16(18-10-14(18)2)11-17(9-13)23-20(22)19(12-21)15-6-4-3-5-7-15/h3-7,13-14,16-19,21H,8-12H2,1-2H3/t13?,14-,16?,17?,18+,19-/m1/s1. The Hall–Kier alpha value is -1.35. The molecule has 2 aliphatic carbocycles. The van der Waals surface area contributed by atoms with Crippen LogP contribution in [0.5, 0.6) is 0 Å². The van der Waals surface area contributed by atoms with E-state index in [1.165, 1.54) is 12.8 Å². The minimum Gasteiger partial charge on any atom is -0.462 e. The molecule has 0 amide bonds. The lowest BCUT2D eigenvalue weighted by Gasteiger charge is -2.34. The first-order chi connectivity index (χ1) is 11.1. The molecule has 0 radical (unpaired) electrons. The highest BCUT2D eigenvalue weighted by molar-refractivity contribution is 5.78. The van der Waals surface area contributed by atoms with Gasteiger partial charge in [-0.2, -0.15) is 0 Å². The van der Waals surface area contributed by atoms with Gasteiger partial charge in [-0.3, -0.25) is 4.79 Å². The zero-order valence-electron chi connectivity index (χ0n) is 14.2. The van der Waals surface area contributed by atoms with E-state index in [9.17, 15) is 9.90 Å². The fourth-order valence-corrected chi connectivity index (χ4v) is 4.29. The Morgan fingerprint density at radius 3 is 2.48 bits per heavy atom. The summed E-state index contributed by atoms with van der Waals surface area (Å²) in [6.45, 7) is 4.39. The molecule has 3 unspecified atom stereocenters. The lowest BCUT2D eigenvalue weighted by Crippen LogP contribution is -2.32. The van der Waals surface area contributed by atoms with E-state index in [0.717, 1.165) is 30.2 Å². The summed E-state index contributed by atoms with van der Waals surface area (Å²) >= 11 is 0. The molecular weight excluding hydrogens is 288 g/mol.